The zero-order valence-electron chi connectivity index (χ0n) is 15.0. The van der Waals surface area contributed by atoms with Gasteiger partial charge < -0.3 is 4.52 Å². The van der Waals surface area contributed by atoms with Gasteiger partial charge in [-0.2, -0.15) is 4.98 Å². The molecule has 2 aromatic carbocycles. The molecule has 0 aliphatic rings. The van der Waals surface area contributed by atoms with Crippen LogP contribution in [0.3, 0.4) is 0 Å². The van der Waals surface area contributed by atoms with Crippen molar-refractivity contribution >= 4 is 26.0 Å². The molecular formula is C19H20BrN3O3S. The molecule has 0 aliphatic carbocycles. The molecule has 0 saturated carbocycles. The summed E-state index contributed by atoms with van der Waals surface area (Å²) in [7, 11) is -3.52. The molecule has 142 valence electrons. The summed E-state index contributed by atoms with van der Waals surface area (Å²) in [6.07, 6.45) is 0. The molecule has 0 radical (unpaired) electrons. The van der Waals surface area contributed by atoms with Gasteiger partial charge in [-0.25, -0.2) is 13.1 Å². The van der Waals surface area contributed by atoms with Crippen LogP contribution in [-0.4, -0.2) is 18.6 Å². The fourth-order valence-corrected chi connectivity index (χ4v) is 4.04. The molecule has 0 unspecified atom stereocenters. The number of sulfonamides is 1. The molecule has 8 heteroatoms. The molecule has 0 aliphatic heterocycles. The van der Waals surface area contributed by atoms with Crippen LogP contribution in [0.25, 0.3) is 11.4 Å². The van der Waals surface area contributed by atoms with Gasteiger partial charge in [0.05, 0.1) is 12.3 Å². The van der Waals surface area contributed by atoms with E-state index in [1.165, 1.54) is 5.56 Å². The quantitative estimate of drug-likeness (QED) is 0.582. The minimum absolute atomic E-state index is 0.0482. The van der Waals surface area contributed by atoms with Crippen molar-refractivity contribution in [3.8, 4) is 11.4 Å². The Morgan fingerprint density at radius 1 is 1.15 bits per heavy atom. The van der Waals surface area contributed by atoms with Crippen LogP contribution < -0.4 is 4.72 Å². The van der Waals surface area contributed by atoms with Gasteiger partial charge in [-0.05, 0) is 29.2 Å². The molecule has 3 aromatic rings. The highest BCUT2D eigenvalue weighted by Gasteiger charge is 2.15. The lowest BCUT2D eigenvalue weighted by molar-refractivity contribution is 0.376. The topological polar surface area (TPSA) is 85.1 Å². The number of aromatic nitrogens is 2. The zero-order valence-corrected chi connectivity index (χ0v) is 17.4. The molecule has 0 spiro atoms. The van der Waals surface area contributed by atoms with E-state index in [-0.39, 0.29) is 18.2 Å². The Balaban J connectivity index is 1.63. The molecule has 1 N–H and O–H groups in total. The van der Waals surface area contributed by atoms with Gasteiger partial charge in [0.1, 0.15) is 0 Å². The molecule has 3 rings (SSSR count). The van der Waals surface area contributed by atoms with Gasteiger partial charge in [-0.3, -0.25) is 0 Å². The number of benzene rings is 2. The van der Waals surface area contributed by atoms with Crippen LogP contribution in [0, 0.1) is 0 Å². The molecular weight excluding hydrogens is 430 g/mol. The number of hydrogen-bond donors (Lipinski definition) is 1. The summed E-state index contributed by atoms with van der Waals surface area (Å²) >= 11 is 3.33. The third-order valence-electron chi connectivity index (χ3n) is 3.99. The molecule has 0 amide bonds. The van der Waals surface area contributed by atoms with Crippen molar-refractivity contribution in [3.63, 3.8) is 0 Å². The summed E-state index contributed by atoms with van der Waals surface area (Å²) in [5.41, 5.74) is 2.74. The lowest BCUT2D eigenvalue weighted by atomic mass is 10.0. The molecule has 0 fully saturated rings. The number of halogens is 1. The fraction of sp³-hybridized carbons (Fsp3) is 0.263. The summed E-state index contributed by atoms with van der Waals surface area (Å²) in [5, 5.41) is 3.93. The summed E-state index contributed by atoms with van der Waals surface area (Å²) < 4.78 is 33.0. The summed E-state index contributed by atoms with van der Waals surface area (Å²) in [6.45, 7) is 4.21. The Bertz CT molecular complexity index is 1010. The number of hydrogen-bond acceptors (Lipinski definition) is 5. The SMILES string of the molecule is CC(C)c1ccc(-c2noc(CNS(=O)(=O)Cc3cccc(Br)c3)n2)cc1. The van der Waals surface area contributed by atoms with Gasteiger partial charge in [0.15, 0.2) is 0 Å². The van der Waals surface area contributed by atoms with Crippen molar-refractivity contribution in [2.45, 2.75) is 32.1 Å². The first-order chi connectivity index (χ1) is 12.8. The minimum Gasteiger partial charge on any atom is -0.338 e. The lowest BCUT2D eigenvalue weighted by Gasteiger charge is -2.05. The summed E-state index contributed by atoms with van der Waals surface area (Å²) in [5.74, 6) is 0.978. The van der Waals surface area contributed by atoms with Gasteiger partial charge in [-0.1, -0.05) is 71.3 Å². The predicted octanol–water partition coefficient (Wildman–Crippen LogP) is 4.24. The van der Waals surface area contributed by atoms with Crippen molar-refractivity contribution < 1.29 is 12.9 Å². The van der Waals surface area contributed by atoms with E-state index in [1.807, 2.05) is 30.3 Å². The van der Waals surface area contributed by atoms with Gasteiger partial charge in [0.25, 0.3) is 0 Å². The standard InChI is InChI=1S/C19H20BrN3O3S/c1-13(2)15-6-8-16(9-7-15)19-22-18(26-23-19)11-21-27(24,25)12-14-4-3-5-17(20)10-14/h3-10,13,21H,11-12H2,1-2H3. The second-order valence-electron chi connectivity index (χ2n) is 6.50. The Morgan fingerprint density at radius 2 is 1.89 bits per heavy atom. The first kappa shape index (κ1) is 19.7. The molecule has 1 heterocycles. The van der Waals surface area contributed by atoms with E-state index in [0.717, 1.165) is 10.0 Å². The number of nitrogens with one attached hydrogen (secondary N) is 1. The third-order valence-corrected chi connectivity index (χ3v) is 5.78. The van der Waals surface area contributed by atoms with Gasteiger partial charge >= 0.3 is 0 Å². The molecule has 27 heavy (non-hydrogen) atoms. The average molecular weight is 450 g/mol. The van der Waals surface area contributed by atoms with Crippen LogP contribution in [-0.2, 0) is 22.3 Å². The maximum Gasteiger partial charge on any atom is 0.242 e. The monoisotopic (exact) mass is 449 g/mol. The van der Waals surface area contributed by atoms with Crippen LogP contribution in [0.4, 0.5) is 0 Å². The van der Waals surface area contributed by atoms with E-state index in [4.69, 9.17) is 4.52 Å². The van der Waals surface area contributed by atoms with E-state index in [1.54, 1.807) is 18.2 Å². The van der Waals surface area contributed by atoms with Crippen molar-refractivity contribution in [3.05, 3.63) is 70.0 Å². The molecule has 6 nitrogen and oxygen atoms in total. The lowest BCUT2D eigenvalue weighted by Crippen LogP contribution is -2.24. The molecule has 0 atom stereocenters. The molecule has 1 aromatic heterocycles. The highest BCUT2D eigenvalue weighted by atomic mass is 79.9. The second kappa shape index (κ2) is 8.33. The minimum atomic E-state index is -3.52. The number of rotatable bonds is 7. The first-order valence-electron chi connectivity index (χ1n) is 8.47. The largest absolute Gasteiger partial charge is 0.338 e. The van der Waals surface area contributed by atoms with E-state index >= 15 is 0 Å². The van der Waals surface area contributed by atoms with Crippen LogP contribution in [0.15, 0.2) is 57.5 Å². The van der Waals surface area contributed by atoms with Crippen molar-refractivity contribution in [1.29, 1.82) is 0 Å². The summed E-state index contributed by atoms with van der Waals surface area (Å²) in [4.78, 5) is 4.27. The van der Waals surface area contributed by atoms with Crippen LogP contribution in [0.5, 0.6) is 0 Å². The predicted molar refractivity (Wildman–Crippen MR) is 107 cm³/mol. The van der Waals surface area contributed by atoms with Crippen LogP contribution in [0.1, 0.15) is 36.8 Å². The van der Waals surface area contributed by atoms with Crippen molar-refractivity contribution in [2.24, 2.45) is 0 Å². The Labute approximate surface area is 167 Å². The highest BCUT2D eigenvalue weighted by Crippen LogP contribution is 2.20. The second-order valence-corrected chi connectivity index (χ2v) is 9.22. The van der Waals surface area contributed by atoms with Crippen molar-refractivity contribution in [2.75, 3.05) is 0 Å². The smallest absolute Gasteiger partial charge is 0.242 e. The Morgan fingerprint density at radius 3 is 2.56 bits per heavy atom. The average Bonchev–Trinajstić information content (AvgIpc) is 3.09. The maximum absolute atomic E-state index is 12.2. The fourth-order valence-electron chi connectivity index (χ4n) is 2.53. The zero-order chi connectivity index (χ0) is 19.4. The molecule has 0 bridgehead atoms. The Kier molecular flexibility index (Phi) is 6.08. The van der Waals surface area contributed by atoms with E-state index in [0.29, 0.717) is 17.3 Å². The number of nitrogens with zero attached hydrogens (tertiary/aromatic N) is 2. The van der Waals surface area contributed by atoms with Gasteiger partial charge in [0.2, 0.25) is 21.7 Å². The molecule has 0 saturated heterocycles. The van der Waals surface area contributed by atoms with Crippen LogP contribution in [0.2, 0.25) is 0 Å². The van der Waals surface area contributed by atoms with Crippen molar-refractivity contribution in [1.82, 2.24) is 14.9 Å². The third kappa shape index (κ3) is 5.47. The van der Waals surface area contributed by atoms with E-state index in [2.05, 4.69) is 44.6 Å². The van der Waals surface area contributed by atoms with Gasteiger partial charge in [0, 0.05) is 10.0 Å². The Hall–Kier alpha value is -2.03. The highest BCUT2D eigenvalue weighted by molar-refractivity contribution is 9.10. The summed E-state index contributed by atoms with van der Waals surface area (Å²) in [6, 6.07) is 15.1. The van der Waals surface area contributed by atoms with Crippen LogP contribution >= 0.6 is 15.9 Å². The maximum atomic E-state index is 12.2. The normalized spacial score (nSPS) is 11.9. The van der Waals surface area contributed by atoms with E-state index < -0.39 is 10.0 Å². The van der Waals surface area contributed by atoms with E-state index in [9.17, 15) is 8.42 Å². The van der Waals surface area contributed by atoms with Gasteiger partial charge in [-0.15, -0.1) is 0 Å². The first-order valence-corrected chi connectivity index (χ1v) is 10.9.